The Morgan fingerprint density at radius 1 is 1.30 bits per heavy atom. The van der Waals surface area contributed by atoms with Gasteiger partial charge < -0.3 is 24.9 Å². The third kappa shape index (κ3) is 5.40. The van der Waals surface area contributed by atoms with Crippen LogP contribution >= 0.6 is 11.6 Å². The monoisotopic (exact) mass is 523 g/mol. The van der Waals surface area contributed by atoms with Crippen molar-refractivity contribution in [3.8, 4) is 11.4 Å². The lowest BCUT2D eigenvalue weighted by Crippen LogP contribution is -2.39. The van der Waals surface area contributed by atoms with E-state index in [0.717, 1.165) is 42.5 Å². The van der Waals surface area contributed by atoms with Crippen LogP contribution in [-0.4, -0.2) is 68.9 Å². The molecule has 1 aliphatic heterocycles. The molecule has 10 nitrogen and oxygen atoms in total. The normalized spacial score (nSPS) is 14.4. The molecule has 11 heteroatoms. The van der Waals surface area contributed by atoms with Crippen molar-refractivity contribution in [1.82, 2.24) is 29.6 Å². The molecule has 1 fully saturated rings. The summed E-state index contributed by atoms with van der Waals surface area (Å²) in [5.41, 5.74) is 4.92. The van der Waals surface area contributed by atoms with E-state index in [1.165, 1.54) is 5.56 Å². The third-order valence-electron chi connectivity index (χ3n) is 6.84. The van der Waals surface area contributed by atoms with Crippen molar-refractivity contribution in [2.24, 2.45) is 0 Å². The number of fused-ring (bicyclic) bond motifs is 1. The van der Waals surface area contributed by atoms with E-state index in [9.17, 15) is 9.59 Å². The number of carbonyl (C=O) groups excluding carboxylic acids is 1. The molecule has 0 bridgehead atoms. The summed E-state index contributed by atoms with van der Waals surface area (Å²) in [5.74, 6) is 0.910. The highest BCUT2D eigenvalue weighted by Crippen LogP contribution is 2.33. The number of rotatable bonds is 8. The molecule has 3 aromatic heterocycles. The Morgan fingerprint density at radius 3 is 2.84 bits per heavy atom. The minimum absolute atomic E-state index is 0.0386. The van der Waals surface area contributed by atoms with E-state index in [1.54, 1.807) is 30.4 Å². The summed E-state index contributed by atoms with van der Waals surface area (Å²) in [4.78, 5) is 37.8. The Kier molecular flexibility index (Phi) is 7.29. The zero-order chi connectivity index (χ0) is 25.9. The number of aromatic amines is 2. The molecule has 3 N–H and O–H groups in total. The first kappa shape index (κ1) is 25.0. The first-order chi connectivity index (χ1) is 17.9. The molecule has 4 heterocycles. The Morgan fingerprint density at radius 2 is 2.11 bits per heavy atom. The number of aryl methyl sites for hydroxylation is 1. The number of ether oxygens (including phenoxy) is 1. The number of halogens is 1. The summed E-state index contributed by atoms with van der Waals surface area (Å²) in [7, 11) is 1.54. The minimum atomic E-state index is -0.225. The van der Waals surface area contributed by atoms with Gasteiger partial charge in [-0.25, -0.2) is 4.98 Å². The highest BCUT2D eigenvalue weighted by atomic mass is 35.5. The number of methoxy groups -OCH3 is 1. The summed E-state index contributed by atoms with van der Waals surface area (Å²) in [5, 5.41) is 8.10. The maximum absolute atomic E-state index is 12.9. The number of benzene rings is 1. The zero-order valence-corrected chi connectivity index (χ0v) is 21.6. The summed E-state index contributed by atoms with van der Waals surface area (Å²) in [6, 6.07) is 6.13. The highest BCUT2D eigenvalue weighted by molar-refractivity contribution is 6.30. The Bertz CT molecular complexity index is 1470. The Labute approximate surface area is 219 Å². The Hall–Kier alpha value is -3.63. The van der Waals surface area contributed by atoms with Crippen molar-refractivity contribution in [3.63, 3.8) is 0 Å². The average molecular weight is 524 g/mol. The number of aromatic nitrogens is 5. The molecule has 0 spiro atoms. The molecule has 1 aliphatic rings. The topological polar surface area (TPSA) is 121 Å². The van der Waals surface area contributed by atoms with Gasteiger partial charge in [0.15, 0.2) is 0 Å². The second-order valence-corrected chi connectivity index (χ2v) is 9.79. The number of nitrogens with one attached hydrogen (secondary N) is 3. The Balaban J connectivity index is 1.36. The predicted octanol–water partition coefficient (Wildman–Crippen LogP) is 3.54. The highest BCUT2D eigenvalue weighted by Gasteiger charge is 2.25. The van der Waals surface area contributed by atoms with Crippen molar-refractivity contribution in [2.45, 2.75) is 32.2 Å². The maximum atomic E-state index is 12.9. The van der Waals surface area contributed by atoms with Crippen LogP contribution in [0.25, 0.3) is 22.4 Å². The molecule has 0 radical (unpaired) electrons. The van der Waals surface area contributed by atoms with Gasteiger partial charge in [-0.15, -0.1) is 0 Å². The first-order valence-corrected chi connectivity index (χ1v) is 12.7. The number of piperidine rings is 1. The lowest BCUT2D eigenvalue weighted by atomic mass is 9.88. The van der Waals surface area contributed by atoms with Gasteiger partial charge in [0.05, 0.1) is 34.5 Å². The smallest absolute Gasteiger partial charge is 0.261 e. The number of anilines is 1. The molecule has 37 heavy (non-hydrogen) atoms. The van der Waals surface area contributed by atoms with Crippen LogP contribution < -0.4 is 10.9 Å². The van der Waals surface area contributed by atoms with Crippen LogP contribution in [0.4, 0.5) is 5.69 Å². The SMILES string of the molecule is COCC(=O)N1CCC(c2cc(C)c3nc(-c4c(NCCn5cc(Cl)cn5)cc[nH]c4=O)[nH]c3c2)CC1. The van der Waals surface area contributed by atoms with Crippen molar-refractivity contribution in [2.75, 3.05) is 38.7 Å². The second-order valence-electron chi connectivity index (χ2n) is 9.35. The van der Waals surface area contributed by atoms with E-state index < -0.39 is 0 Å². The molecule has 1 amide bonds. The molecule has 0 aliphatic carbocycles. The number of likely N-dealkylation sites (tertiary alicyclic amines) is 1. The molecule has 5 rings (SSSR count). The molecular formula is C26H30ClN7O3. The van der Waals surface area contributed by atoms with Crippen LogP contribution in [0.2, 0.25) is 5.02 Å². The van der Waals surface area contributed by atoms with Crippen LogP contribution in [0.1, 0.15) is 29.9 Å². The summed E-state index contributed by atoms with van der Waals surface area (Å²) in [6.45, 7) is 4.76. The van der Waals surface area contributed by atoms with Crippen LogP contribution in [0.5, 0.6) is 0 Å². The average Bonchev–Trinajstić information content (AvgIpc) is 3.50. The van der Waals surface area contributed by atoms with Gasteiger partial charge in [-0.3, -0.25) is 14.3 Å². The molecule has 0 atom stereocenters. The fourth-order valence-electron chi connectivity index (χ4n) is 4.98. The van der Waals surface area contributed by atoms with Crippen molar-refractivity contribution < 1.29 is 9.53 Å². The van der Waals surface area contributed by atoms with E-state index in [4.69, 9.17) is 21.3 Å². The van der Waals surface area contributed by atoms with E-state index in [1.807, 2.05) is 17.9 Å². The molecule has 1 aromatic carbocycles. The van der Waals surface area contributed by atoms with Crippen LogP contribution in [0.15, 0.2) is 41.6 Å². The van der Waals surface area contributed by atoms with E-state index in [-0.39, 0.29) is 18.1 Å². The predicted molar refractivity (Wildman–Crippen MR) is 143 cm³/mol. The number of hydrogen-bond donors (Lipinski definition) is 3. The largest absolute Gasteiger partial charge is 0.382 e. The van der Waals surface area contributed by atoms with Gasteiger partial charge in [0.25, 0.3) is 5.56 Å². The zero-order valence-electron chi connectivity index (χ0n) is 20.9. The van der Waals surface area contributed by atoms with Gasteiger partial charge in [0.1, 0.15) is 18.0 Å². The van der Waals surface area contributed by atoms with Gasteiger partial charge >= 0.3 is 0 Å². The number of H-pyrrole nitrogens is 2. The van der Waals surface area contributed by atoms with E-state index >= 15 is 0 Å². The molecule has 4 aromatic rings. The lowest BCUT2D eigenvalue weighted by molar-refractivity contribution is -0.136. The quantitative estimate of drug-likeness (QED) is 0.325. The van der Waals surface area contributed by atoms with Crippen LogP contribution in [0.3, 0.4) is 0 Å². The number of nitrogens with zero attached hydrogens (tertiary/aromatic N) is 4. The summed E-state index contributed by atoms with van der Waals surface area (Å²) in [6.07, 6.45) is 6.76. The second kappa shape index (κ2) is 10.8. The number of carbonyl (C=O) groups is 1. The molecule has 1 saturated heterocycles. The van der Waals surface area contributed by atoms with E-state index in [0.29, 0.717) is 41.1 Å². The van der Waals surface area contributed by atoms with E-state index in [2.05, 4.69) is 32.5 Å². The number of pyridine rings is 1. The van der Waals surface area contributed by atoms with Crippen molar-refractivity contribution >= 4 is 34.2 Å². The summed E-state index contributed by atoms with van der Waals surface area (Å²) >= 11 is 5.94. The van der Waals surface area contributed by atoms with Crippen LogP contribution in [0, 0.1) is 6.92 Å². The number of amides is 1. The lowest BCUT2D eigenvalue weighted by Gasteiger charge is -2.32. The van der Waals surface area contributed by atoms with Gasteiger partial charge in [-0.2, -0.15) is 5.10 Å². The van der Waals surface area contributed by atoms with Gasteiger partial charge in [-0.05, 0) is 48.9 Å². The summed E-state index contributed by atoms with van der Waals surface area (Å²) < 4.78 is 6.73. The third-order valence-corrected chi connectivity index (χ3v) is 7.04. The number of hydrogen-bond acceptors (Lipinski definition) is 6. The van der Waals surface area contributed by atoms with Gasteiger partial charge in [-0.1, -0.05) is 17.7 Å². The fraction of sp³-hybridized carbons (Fsp3) is 0.385. The molecule has 0 unspecified atom stereocenters. The first-order valence-electron chi connectivity index (χ1n) is 12.3. The molecule has 194 valence electrons. The standard InChI is InChI=1S/C26H30ClN7O3/c1-16-11-18(17-4-8-33(9-5-17)22(35)15-37-2)12-21-24(16)32-25(31-21)23-20(3-6-29-26(23)36)28-7-10-34-14-19(27)13-30-34/h3,6,11-14,17H,4-5,7-10,15H2,1-2H3,(H,31,32)(H2,28,29,36). The van der Waals surface area contributed by atoms with Crippen LogP contribution in [-0.2, 0) is 16.1 Å². The maximum Gasteiger partial charge on any atom is 0.261 e. The van der Waals surface area contributed by atoms with Gasteiger partial charge in [0.2, 0.25) is 5.91 Å². The minimum Gasteiger partial charge on any atom is -0.382 e. The van der Waals surface area contributed by atoms with Crippen molar-refractivity contribution in [3.05, 3.63) is 63.3 Å². The molecular weight excluding hydrogens is 494 g/mol. The van der Waals surface area contributed by atoms with Gasteiger partial charge in [0, 0.05) is 39.1 Å². The molecule has 0 saturated carbocycles. The van der Waals surface area contributed by atoms with Crippen molar-refractivity contribution in [1.29, 1.82) is 0 Å². The fourth-order valence-corrected chi connectivity index (χ4v) is 5.13. The number of imidazole rings is 1.